The van der Waals surface area contributed by atoms with E-state index in [9.17, 15) is 14.4 Å². The topological polar surface area (TPSA) is 90.3 Å². The van der Waals surface area contributed by atoms with Crippen LogP contribution >= 0.6 is 11.6 Å². The number of aromatic nitrogens is 2. The molecule has 0 unspecified atom stereocenters. The molecule has 1 amide bonds. The molecule has 0 aliphatic rings. The minimum absolute atomic E-state index is 0.0103. The van der Waals surface area contributed by atoms with Crippen molar-refractivity contribution in [3.05, 3.63) is 52.4 Å². The number of benzene rings is 1. The quantitative estimate of drug-likeness (QED) is 0.617. The zero-order valence-electron chi connectivity index (χ0n) is 14.8. The van der Waals surface area contributed by atoms with Gasteiger partial charge in [0.05, 0.1) is 23.4 Å². The number of hydrogen-bond donors (Lipinski definition) is 1. The van der Waals surface area contributed by atoms with E-state index >= 15 is 0 Å². The molecule has 0 spiro atoms. The van der Waals surface area contributed by atoms with E-state index in [1.807, 2.05) is 0 Å². The fourth-order valence-corrected chi connectivity index (χ4v) is 2.13. The smallest absolute Gasteiger partial charge is 0.360 e. The molecule has 0 radical (unpaired) electrons. The minimum Gasteiger partial charge on any atom is -0.461 e. The normalized spacial score (nSPS) is 11.1. The molecule has 0 fully saturated rings. The van der Waals surface area contributed by atoms with Gasteiger partial charge in [0.15, 0.2) is 5.69 Å². The van der Waals surface area contributed by atoms with Gasteiger partial charge in [-0.1, -0.05) is 18.2 Å². The van der Waals surface area contributed by atoms with Gasteiger partial charge in [0.25, 0.3) is 5.56 Å². The van der Waals surface area contributed by atoms with E-state index in [1.165, 1.54) is 0 Å². The molecule has 2 rings (SSSR count). The van der Waals surface area contributed by atoms with Crippen molar-refractivity contribution in [3.63, 3.8) is 0 Å². The van der Waals surface area contributed by atoms with Gasteiger partial charge < -0.3 is 10.1 Å². The summed E-state index contributed by atoms with van der Waals surface area (Å²) in [6, 6.07) is 9.78. The van der Waals surface area contributed by atoms with Crippen LogP contribution in [0.3, 0.4) is 0 Å². The lowest BCUT2D eigenvalue weighted by Crippen LogP contribution is -2.34. The molecule has 7 nitrogen and oxygen atoms in total. The molecule has 0 bridgehead atoms. The summed E-state index contributed by atoms with van der Waals surface area (Å²) in [6.45, 7) is 5.08. The highest BCUT2D eigenvalue weighted by atomic mass is 35.5. The van der Waals surface area contributed by atoms with Gasteiger partial charge in [0, 0.05) is 11.9 Å². The first kappa shape index (κ1) is 19.7. The van der Waals surface area contributed by atoms with Crippen LogP contribution in [0.25, 0.3) is 5.69 Å². The summed E-state index contributed by atoms with van der Waals surface area (Å²) in [7, 11) is 0. The van der Waals surface area contributed by atoms with Crippen molar-refractivity contribution < 1.29 is 14.3 Å². The zero-order chi connectivity index (χ0) is 19.3. The highest BCUT2D eigenvalue weighted by molar-refractivity contribution is 6.20. The fraction of sp³-hybridized carbons (Fsp3) is 0.333. The summed E-state index contributed by atoms with van der Waals surface area (Å²) in [5, 5.41) is 6.66. The molecule has 0 aliphatic heterocycles. The molecule has 1 aromatic heterocycles. The lowest BCUT2D eigenvalue weighted by molar-refractivity contribution is -0.122. The summed E-state index contributed by atoms with van der Waals surface area (Å²) >= 11 is 5.81. The first-order chi connectivity index (χ1) is 12.3. The van der Waals surface area contributed by atoms with Gasteiger partial charge in [0.2, 0.25) is 5.91 Å². The average Bonchev–Trinajstić information content (AvgIpc) is 2.62. The molecular formula is C18H20ClN3O4. The fourth-order valence-electron chi connectivity index (χ4n) is 2.01. The molecule has 26 heavy (non-hydrogen) atoms. The second-order valence-electron chi connectivity index (χ2n) is 6.18. The van der Waals surface area contributed by atoms with Crippen molar-refractivity contribution in [3.8, 4) is 5.69 Å². The second kappa shape index (κ2) is 8.14. The van der Waals surface area contributed by atoms with Gasteiger partial charge in [0.1, 0.15) is 0 Å². The Hall–Kier alpha value is -2.67. The molecule has 0 saturated heterocycles. The maximum atomic E-state index is 12.4. The lowest BCUT2D eigenvalue weighted by Gasteiger charge is -2.21. The van der Waals surface area contributed by atoms with E-state index in [2.05, 4.69) is 10.4 Å². The lowest BCUT2D eigenvalue weighted by atomic mass is 9.95. The van der Waals surface area contributed by atoms with Crippen LogP contribution in [-0.4, -0.2) is 34.1 Å². The number of halogens is 1. The van der Waals surface area contributed by atoms with Crippen LogP contribution in [0.5, 0.6) is 0 Å². The molecule has 1 aromatic carbocycles. The Bertz CT molecular complexity index is 862. The third-order valence-corrected chi connectivity index (χ3v) is 4.27. The van der Waals surface area contributed by atoms with Gasteiger partial charge in [-0.2, -0.15) is 9.78 Å². The molecule has 8 heteroatoms. The van der Waals surface area contributed by atoms with Crippen LogP contribution in [-0.2, 0) is 9.53 Å². The largest absolute Gasteiger partial charge is 0.461 e. The van der Waals surface area contributed by atoms with Crippen molar-refractivity contribution in [2.24, 2.45) is 5.41 Å². The molecule has 138 valence electrons. The van der Waals surface area contributed by atoms with Crippen molar-refractivity contribution in [1.82, 2.24) is 9.78 Å². The molecular weight excluding hydrogens is 358 g/mol. The van der Waals surface area contributed by atoms with Crippen LogP contribution in [0, 0.1) is 5.41 Å². The predicted molar refractivity (Wildman–Crippen MR) is 98.9 cm³/mol. The number of esters is 1. The summed E-state index contributed by atoms with van der Waals surface area (Å²) < 4.78 is 6.08. The maximum absolute atomic E-state index is 12.4. The van der Waals surface area contributed by atoms with E-state index in [4.69, 9.17) is 16.3 Å². The summed E-state index contributed by atoms with van der Waals surface area (Å²) in [5.41, 5.74) is -1.06. The Morgan fingerprint density at radius 2 is 1.92 bits per heavy atom. The van der Waals surface area contributed by atoms with Crippen molar-refractivity contribution in [2.45, 2.75) is 20.8 Å². The molecule has 0 aliphatic carbocycles. The summed E-state index contributed by atoms with van der Waals surface area (Å²) in [6.07, 6.45) is 0. The standard InChI is InChI=1S/C18H20ClN3O4/c1-4-26-16(24)15-13(20-17(25)18(2,3)11-19)10-14(23)22(21-15)12-8-6-5-7-9-12/h5-10H,4,11H2,1-3H3,(H,20,25). The Morgan fingerprint density at radius 3 is 2.50 bits per heavy atom. The molecule has 1 N–H and O–H groups in total. The number of para-hydroxylation sites is 1. The van der Waals surface area contributed by atoms with E-state index < -0.39 is 22.9 Å². The van der Waals surface area contributed by atoms with Crippen molar-refractivity contribution in [1.29, 1.82) is 0 Å². The second-order valence-corrected chi connectivity index (χ2v) is 6.45. The first-order valence-electron chi connectivity index (χ1n) is 8.04. The Kier molecular flexibility index (Phi) is 6.15. The van der Waals surface area contributed by atoms with Crippen LogP contribution < -0.4 is 10.9 Å². The van der Waals surface area contributed by atoms with E-state index in [0.29, 0.717) is 5.69 Å². The van der Waals surface area contributed by atoms with E-state index in [-0.39, 0.29) is 23.9 Å². The third-order valence-electron chi connectivity index (χ3n) is 3.60. The van der Waals surface area contributed by atoms with Gasteiger partial charge in [-0.3, -0.25) is 9.59 Å². The molecule has 1 heterocycles. The zero-order valence-corrected chi connectivity index (χ0v) is 15.5. The Labute approximate surface area is 155 Å². The number of amides is 1. The van der Waals surface area contributed by atoms with Gasteiger partial charge >= 0.3 is 5.97 Å². The molecule has 2 aromatic rings. The number of carbonyl (C=O) groups is 2. The monoisotopic (exact) mass is 377 g/mol. The van der Waals surface area contributed by atoms with E-state index in [1.54, 1.807) is 51.1 Å². The molecule has 0 atom stereocenters. The van der Waals surface area contributed by atoms with Crippen LogP contribution in [0.2, 0.25) is 0 Å². The van der Waals surface area contributed by atoms with Crippen molar-refractivity contribution in [2.75, 3.05) is 17.8 Å². The SMILES string of the molecule is CCOC(=O)c1nn(-c2ccccc2)c(=O)cc1NC(=O)C(C)(C)CCl. The average molecular weight is 378 g/mol. The van der Waals surface area contributed by atoms with Gasteiger partial charge in [-0.05, 0) is 32.9 Å². The van der Waals surface area contributed by atoms with Gasteiger partial charge in [-0.15, -0.1) is 11.6 Å². The first-order valence-corrected chi connectivity index (χ1v) is 8.58. The number of ether oxygens (including phenoxy) is 1. The number of rotatable bonds is 6. The van der Waals surface area contributed by atoms with Crippen LogP contribution in [0.1, 0.15) is 31.3 Å². The number of nitrogens with one attached hydrogen (secondary N) is 1. The summed E-state index contributed by atoms with van der Waals surface area (Å²) in [4.78, 5) is 37.1. The number of carbonyl (C=O) groups excluding carboxylic acids is 2. The Balaban J connectivity index is 2.54. The van der Waals surface area contributed by atoms with E-state index in [0.717, 1.165) is 10.7 Å². The van der Waals surface area contributed by atoms with Crippen LogP contribution in [0.15, 0.2) is 41.2 Å². The number of alkyl halides is 1. The summed E-state index contributed by atoms with van der Waals surface area (Å²) in [5.74, 6) is -1.10. The number of nitrogens with zero attached hydrogens (tertiary/aromatic N) is 2. The Morgan fingerprint density at radius 1 is 1.27 bits per heavy atom. The minimum atomic E-state index is -0.887. The van der Waals surface area contributed by atoms with Crippen molar-refractivity contribution >= 4 is 29.2 Å². The number of anilines is 1. The third kappa shape index (κ3) is 4.29. The highest BCUT2D eigenvalue weighted by Gasteiger charge is 2.29. The van der Waals surface area contributed by atoms with Crippen LogP contribution in [0.4, 0.5) is 5.69 Å². The maximum Gasteiger partial charge on any atom is 0.360 e. The number of hydrogen-bond acceptors (Lipinski definition) is 5. The highest BCUT2D eigenvalue weighted by Crippen LogP contribution is 2.21. The van der Waals surface area contributed by atoms with Gasteiger partial charge in [-0.25, -0.2) is 4.79 Å². The predicted octanol–water partition coefficient (Wildman–Crippen LogP) is 2.61. The molecule has 0 saturated carbocycles.